The fraction of sp³-hybridized carbons (Fsp3) is 0.286. The van der Waals surface area contributed by atoms with Crippen LogP contribution in [0.2, 0.25) is 0 Å². The zero-order valence-electron chi connectivity index (χ0n) is 20.2. The minimum atomic E-state index is -0.328. The van der Waals surface area contributed by atoms with Gasteiger partial charge in [0.2, 0.25) is 0 Å². The zero-order chi connectivity index (χ0) is 24.6. The minimum Gasteiger partial charge on any atom is -0.497 e. The smallest absolute Gasteiger partial charge is 0.259 e. The Kier molecular flexibility index (Phi) is 7.88. The molecule has 3 aromatic rings. The van der Waals surface area contributed by atoms with Crippen molar-refractivity contribution < 1.29 is 19.1 Å². The first-order valence-corrected chi connectivity index (χ1v) is 11.8. The largest absolute Gasteiger partial charge is 0.497 e. The second kappa shape index (κ2) is 11.4. The van der Waals surface area contributed by atoms with E-state index >= 15 is 0 Å². The van der Waals surface area contributed by atoms with Crippen molar-refractivity contribution in [1.82, 2.24) is 5.32 Å². The monoisotopic (exact) mass is 473 g/mol. The average molecular weight is 474 g/mol. The molecule has 35 heavy (non-hydrogen) atoms. The highest BCUT2D eigenvalue weighted by molar-refractivity contribution is 6.08. The Morgan fingerprint density at radius 3 is 2.31 bits per heavy atom. The predicted molar refractivity (Wildman–Crippen MR) is 138 cm³/mol. The van der Waals surface area contributed by atoms with Gasteiger partial charge in [0, 0.05) is 37.1 Å². The van der Waals surface area contributed by atoms with Crippen LogP contribution in [-0.2, 0) is 6.54 Å². The molecule has 1 fully saturated rings. The van der Waals surface area contributed by atoms with Crippen LogP contribution in [0, 0.1) is 0 Å². The number of nitrogens with one attached hydrogen (secondary N) is 2. The van der Waals surface area contributed by atoms with Crippen molar-refractivity contribution in [2.75, 3.05) is 37.5 Å². The summed E-state index contributed by atoms with van der Waals surface area (Å²) < 4.78 is 10.6. The van der Waals surface area contributed by atoms with Crippen LogP contribution < -0.4 is 25.0 Å². The normalized spacial score (nSPS) is 13.1. The summed E-state index contributed by atoms with van der Waals surface area (Å²) in [6, 6.07) is 20.3. The Morgan fingerprint density at radius 2 is 1.60 bits per heavy atom. The van der Waals surface area contributed by atoms with Crippen LogP contribution in [0.25, 0.3) is 0 Å². The Balaban J connectivity index is 1.58. The fourth-order valence-electron chi connectivity index (χ4n) is 4.26. The second-order valence-electron chi connectivity index (χ2n) is 8.47. The summed E-state index contributed by atoms with van der Waals surface area (Å²) in [6.07, 6.45) is 3.39. The molecule has 0 aromatic heterocycles. The number of carbonyl (C=O) groups is 2. The number of piperidine rings is 1. The van der Waals surface area contributed by atoms with Crippen molar-refractivity contribution >= 4 is 23.2 Å². The van der Waals surface area contributed by atoms with Crippen LogP contribution in [-0.4, -0.2) is 39.1 Å². The third kappa shape index (κ3) is 5.93. The summed E-state index contributed by atoms with van der Waals surface area (Å²) in [5.74, 6) is 0.507. The van der Waals surface area contributed by atoms with Gasteiger partial charge < -0.3 is 25.0 Å². The zero-order valence-corrected chi connectivity index (χ0v) is 20.2. The van der Waals surface area contributed by atoms with Crippen LogP contribution in [0.4, 0.5) is 11.4 Å². The van der Waals surface area contributed by atoms with E-state index in [0.717, 1.165) is 37.2 Å². The summed E-state index contributed by atoms with van der Waals surface area (Å²) in [5, 5.41) is 5.94. The molecule has 0 aliphatic carbocycles. The number of methoxy groups -OCH3 is 2. The first kappa shape index (κ1) is 24.1. The molecule has 4 rings (SSSR count). The van der Waals surface area contributed by atoms with E-state index in [1.54, 1.807) is 31.4 Å². The van der Waals surface area contributed by atoms with Gasteiger partial charge in [0.25, 0.3) is 11.8 Å². The molecular formula is C28H31N3O4. The first-order valence-electron chi connectivity index (χ1n) is 11.8. The third-order valence-corrected chi connectivity index (χ3v) is 6.15. The number of hydrogen-bond acceptors (Lipinski definition) is 5. The van der Waals surface area contributed by atoms with E-state index in [-0.39, 0.29) is 11.8 Å². The second-order valence-corrected chi connectivity index (χ2v) is 8.47. The SMILES string of the molecule is COc1ccc(C(=O)Nc2ccc(N3CCCCC3)c(C(=O)NCc3ccccc3)c2)c(OC)c1. The summed E-state index contributed by atoms with van der Waals surface area (Å²) in [4.78, 5) is 28.6. The van der Waals surface area contributed by atoms with Crippen LogP contribution in [0.1, 0.15) is 45.5 Å². The van der Waals surface area contributed by atoms with Gasteiger partial charge in [-0.2, -0.15) is 0 Å². The highest BCUT2D eigenvalue weighted by atomic mass is 16.5. The van der Waals surface area contributed by atoms with E-state index in [2.05, 4.69) is 15.5 Å². The molecule has 1 aliphatic heterocycles. The van der Waals surface area contributed by atoms with E-state index < -0.39 is 0 Å². The number of ether oxygens (including phenoxy) is 2. The van der Waals surface area contributed by atoms with Gasteiger partial charge in [-0.05, 0) is 55.2 Å². The molecule has 182 valence electrons. The molecule has 0 bridgehead atoms. The summed E-state index contributed by atoms with van der Waals surface area (Å²) in [6.45, 7) is 2.25. The molecular weight excluding hydrogens is 442 g/mol. The number of hydrogen-bond donors (Lipinski definition) is 2. The van der Waals surface area contributed by atoms with Gasteiger partial charge in [-0.25, -0.2) is 0 Å². The number of rotatable bonds is 8. The van der Waals surface area contributed by atoms with E-state index in [4.69, 9.17) is 9.47 Å². The van der Waals surface area contributed by atoms with Crippen molar-refractivity contribution in [3.05, 3.63) is 83.4 Å². The molecule has 1 saturated heterocycles. The standard InChI is InChI=1S/C28H31N3O4/c1-34-22-12-13-23(26(18-22)35-2)28(33)30-21-11-14-25(31-15-7-4-8-16-31)24(17-21)27(32)29-19-20-9-5-3-6-10-20/h3,5-6,9-14,17-18H,4,7-8,15-16,19H2,1-2H3,(H,29,32)(H,30,33). The maximum Gasteiger partial charge on any atom is 0.259 e. The minimum absolute atomic E-state index is 0.174. The Labute approximate surface area is 206 Å². The Hall–Kier alpha value is -4.00. The van der Waals surface area contributed by atoms with E-state index in [0.29, 0.717) is 34.9 Å². The third-order valence-electron chi connectivity index (χ3n) is 6.15. The number of carbonyl (C=O) groups excluding carboxylic acids is 2. The van der Waals surface area contributed by atoms with Crippen molar-refractivity contribution in [2.45, 2.75) is 25.8 Å². The van der Waals surface area contributed by atoms with Gasteiger partial charge in [0.05, 0.1) is 25.3 Å². The predicted octanol–water partition coefficient (Wildman–Crippen LogP) is 4.88. The van der Waals surface area contributed by atoms with Gasteiger partial charge >= 0.3 is 0 Å². The van der Waals surface area contributed by atoms with Gasteiger partial charge in [-0.1, -0.05) is 30.3 Å². The molecule has 1 heterocycles. The highest BCUT2D eigenvalue weighted by Gasteiger charge is 2.21. The number of anilines is 2. The molecule has 0 radical (unpaired) electrons. The lowest BCUT2D eigenvalue weighted by atomic mass is 10.1. The fourth-order valence-corrected chi connectivity index (χ4v) is 4.26. The first-order chi connectivity index (χ1) is 17.1. The molecule has 7 heteroatoms. The van der Waals surface area contributed by atoms with Crippen LogP contribution in [0.15, 0.2) is 66.7 Å². The maximum atomic E-state index is 13.3. The van der Waals surface area contributed by atoms with Gasteiger partial charge in [0.15, 0.2) is 0 Å². The van der Waals surface area contributed by atoms with Crippen molar-refractivity contribution in [1.29, 1.82) is 0 Å². The van der Waals surface area contributed by atoms with Gasteiger partial charge in [-0.3, -0.25) is 9.59 Å². The van der Waals surface area contributed by atoms with Crippen molar-refractivity contribution in [3.8, 4) is 11.5 Å². The molecule has 0 atom stereocenters. The van der Waals surface area contributed by atoms with Crippen molar-refractivity contribution in [2.24, 2.45) is 0 Å². The molecule has 7 nitrogen and oxygen atoms in total. The summed E-state index contributed by atoms with van der Waals surface area (Å²) in [7, 11) is 3.07. The Bertz CT molecular complexity index is 1170. The number of benzene rings is 3. The lowest BCUT2D eigenvalue weighted by Crippen LogP contribution is -2.32. The van der Waals surface area contributed by atoms with Crippen LogP contribution in [0.5, 0.6) is 11.5 Å². The molecule has 2 amide bonds. The molecule has 3 aromatic carbocycles. The van der Waals surface area contributed by atoms with Crippen LogP contribution >= 0.6 is 0 Å². The topological polar surface area (TPSA) is 79.9 Å². The van der Waals surface area contributed by atoms with Gasteiger partial charge in [-0.15, -0.1) is 0 Å². The number of nitrogens with zero attached hydrogens (tertiary/aromatic N) is 1. The maximum absolute atomic E-state index is 13.3. The molecule has 0 saturated carbocycles. The Morgan fingerprint density at radius 1 is 0.829 bits per heavy atom. The lowest BCUT2D eigenvalue weighted by molar-refractivity contribution is 0.0949. The molecule has 1 aliphatic rings. The van der Waals surface area contributed by atoms with E-state index in [9.17, 15) is 9.59 Å². The molecule has 2 N–H and O–H groups in total. The number of amides is 2. The lowest BCUT2D eigenvalue weighted by Gasteiger charge is -2.30. The molecule has 0 unspecified atom stereocenters. The summed E-state index contributed by atoms with van der Waals surface area (Å²) >= 11 is 0. The van der Waals surface area contributed by atoms with Gasteiger partial charge in [0.1, 0.15) is 11.5 Å². The van der Waals surface area contributed by atoms with E-state index in [1.165, 1.54) is 13.5 Å². The van der Waals surface area contributed by atoms with Crippen LogP contribution in [0.3, 0.4) is 0 Å². The quantitative estimate of drug-likeness (QED) is 0.488. The van der Waals surface area contributed by atoms with E-state index in [1.807, 2.05) is 42.5 Å². The average Bonchev–Trinajstić information content (AvgIpc) is 2.92. The molecule has 0 spiro atoms. The van der Waals surface area contributed by atoms with Crippen molar-refractivity contribution in [3.63, 3.8) is 0 Å². The summed E-state index contributed by atoms with van der Waals surface area (Å²) in [5.41, 5.74) is 3.37. The highest BCUT2D eigenvalue weighted by Crippen LogP contribution is 2.29.